The third-order valence-electron chi connectivity index (χ3n) is 2.03. The van der Waals surface area contributed by atoms with Crippen LogP contribution in [0.4, 0.5) is 10.1 Å². The lowest BCUT2D eigenvalue weighted by Crippen LogP contribution is -1.95. The predicted molar refractivity (Wildman–Crippen MR) is 59.8 cm³/mol. The molecule has 0 radical (unpaired) electrons. The van der Waals surface area contributed by atoms with Gasteiger partial charge in [-0.1, -0.05) is 6.07 Å². The largest absolute Gasteiger partial charge is 0.437 e. The monoisotopic (exact) mass is 229 g/mol. The van der Waals surface area contributed by atoms with Gasteiger partial charge in [-0.2, -0.15) is 5.26 Å². The van der Waals surface area contributed by atoms with Gasteiger partial charge in [-0.25, -0.2) is 9.37 Å². The number of nitrogens with zero attached hydrogens (tertiary/aromatic N) is 2. The van der Waals surface area contributed by atoms with E-state index in [-0.39, 0.29) is 17.3 Å². The number of ether oxygens (including phenoxy) is 1. The lowest BCUT2D eigenvalue weighted by molar-refractivity contribution is 0.460. The van der Waals surface area contributed by atoms with Crippen LogP contribution in [0.3, 0.4) is 0 Å². The molecule has 0 spiro atoms. The molecule has 0 aliphatic heterocycles. The van der Waals surface area contributed by atoms with E-state index in [1.165, 1.54) is 12.1 Å². The number of rotatable bonds is 2. The quantitative estimate of drug-likeness (QED) is 0.803. The van der Waals surface area contributed by atoms with Gasteiger partial charge in [0.2, 0.25) is 5.88 Å². The molecule has 0 atom stereocenters. The highest BCUT2D eigenvalue weighted by molar-refractivity contribution is 5.53. The second-order valence-electron chi connectivity index (χ2n) is 3.26. The smallest absolute Gasteiger partial charge is 0.220 e. The average Bonchev–Trinajstić information content (AvgIpc) is 2.34. The van der Waals surface area contributed by atoms with Crippen LogP contribution in [0, 0.1) is 17.1 Å². The third-order valence-corrected chi connectivity index (χ3v) is 2.03. The first-order chi connectivity index (χ1) is 8.19. The summed E-state index contributed by atoms with van der Waals surface area (Å²) in [5, 5.41) is 8.67. The fourth-order valence-electron chi connectivity index (χ4n) is 1.24. The van der Waals surface area contributed by atoms with Crippen molar-refractivity contribution in [3.63, 3.8) is 0 Å². The Morgan fingerprint density at radius 1 is 1.29 bits per heavy atom. The van der Waals surface area contributed by atoms with Gasteiger partial charge in [0.25, 0.3) is 0 Å². The van der Waals surface area contributed by atoms with E-state index in [9.17, 15) is 4.39 Å². The number of hydrogen-bond donors (Lipinski definition) is 1. The standard InChI is InChI=1S/C12H8FN3O/c13-8-4-5-10(15)11(6-8)17-12-3-1-2-9(7-14)16-12/h1-6H,15H2. The normalized spacial score (nSPS) is 9.65. The van der Waals surface area contributed by atoms with Gasteiger partial charge in [-0.15, -0.1) is 0 Å². The van der Waals surface area contributed by atoms with Crippen LogP contribution in [0.1, 0.15) is 5.69 Å². The van der Waals surface area contributed by atoms with Gasteiger partial charge in [0.15, 0.2) is 5.75 Å². The first kappa shape index (κ1) is 10.9. The number of nitriles is 1. The molecular weight excluding hydrogens is 221 g/mol. The number of anilines is 1. The molecule has 84 valence electrons. The highest BCUT2D eigenvalue weighted by Gasteiger charge is 2.05. The Bertz CT molecular complexity index is 593. The maximum absolute atomic E-state index is 13.0. The Morgan fingerprint density at radius 2 is 2.12 bits per heavy atom. The average molecular weight is 229 g/mol. The summed E-state index contributed by atoms with van der Waals surface area (Å²) in [6, 6.07) is 10.4. The number of aromatic nitrogens is 1. The summed E-state index contributed by atoms with van der Waals surface area (Å²) >= 11 is 0. The summed E-state index contributed by atoms with van der Waals surface area (Å²) in [6.07, 6.45) is 0. The van der Waals surface area contributed by atoms with Crippen LogP contribution < -0.4 is 10.5 Å². The minimum absolute atomic E-state index is 0.174. The molecule has 0 aliphatic rings. The van der Waals surface area contributed by atoms with Crippen molar-refractivity contribution < 1.29 is 9.13 Å². The van der Waals surface area contributed by atoms with Gasteiger partial charge in [0, 0.05) is 12.1 Å². The van der Waals surface area contributed by atoms with Crippen molar-refractivity contribution in [1.29, 1.82) is 5.26 Å². The Kier molecular flexibility index (Phi) is 2.88. The summed E-state index contributed by atoms with van der Waals surface area (Å²) in [6.45, 7) is 0. The van der Waals surface area contributed by atoms with E-state index >= 15 is 0 Å². The molecule has 5 heteroatoms. The minimum atomic E-state index is -0.453. The van der Waals surface area contributed by atoms with Crippen LogP contribution in [0.15, 0.2) is 36.4 Å². The van der Waals surface area contributed by atoms with E-state index in [4.69, 9.17) is 15.7 Å². The van der Waals surface area contributed by atoms with Crippen LogP contribution in [-0.4, -0.2) is 4.98 Å². The molecule has 0 fully saturated rings. The van der Waals surface area contributed by atoms with Gasteiger partial charge in [0.05, 0.1) is 5.69 Å². The van der Waals surface area contributed by atoms with Crippen molar-refractivity contribution in [3.8, 4) is 17.7 Å². The molecule has 0 saturated carbocycles. The van der Waals surface area contributed by atoms with Gasteiger partial charge in [0.1, 0.15) is 17.6 Å². The van der Waals surface area contributed by atoms with Crippen LogP contribution >= 0.6 is 0 Å². The molecule has 0 unspecified atom stereocenters. The van der Waals surface area contributed by atoms with Crippen LogP contribution in [0.5, 0.6) is 11.6 Å². The van der Waals surface area contributed by atoms with Crippen molar-refractivity contribution in [2.75, 3.05) is 5.73 Å². The topological polar surface area (TPSA) is 71.9 Å². The fourth-order valence-corrected chi connectivity index (χ4v) is 1.24. The number of nitrogens with two attached hydrogens (primary N) is 1. The number of nitrogen functional groups attached to an aromatic ring is 1. The summed E-state index contributed by atoms with van der Waals surface area (Å²) in [5.74, 6) is -0.0837. The van der Waals surface area contributed by atoms with Gasteiger partial charge in [-0.3, -0.25) is 0 Å². The summed E-state index contributed by atoms with van der Waals surface area (Å²) in [4.78, 5) is 3.90. The molecular formula is C12H8FN3O. The Morgan fingerprint density at radius 3 is 2.88 bits per heavy atom. The number of hydrogen-bond acceptors (Lipinski definition) is 4. The maximum atomic E-state index is 13.0. The van der Waals surface area contributed by atoms with Gasteiger partial charge in [-0.05, 0) is 18.2 Å². The van der Waals surface area contributed by atoms with Crippen molar-refractivity contribution in [3.05, 3.63) is 47.9 Å². The van der Waals surface area contributed by atoms with Crippen molar-refractivity contribution in [1.82, 2.24) is 4.98 Å². The zero-order valence-electron chi connectivity index (χ0n) is 8.72. The zero-order chi connectivity index (χ0) is 12.3. The molecule has 4 nitrogen and oxygen atoms in total. The first-order valence-corrected chi connectivity index (χ1v) is 4.79. The first-order valence-electron chi connectivity index (χ1n) is 4.79. The van der Waals surface area contributed by atoms with E-state index in [2.05, 4.69) is 4.98 Å². The van der Waals surface area contributed by atoms with Crippen molar-refractivity contribution in [2.24, 2.45) is 0 Å². The molecule has 0 bridgehead atoms. The van der Waals surface area contributed by atoms with Crippen molar-refractivity contribution >= 4 is 5.69 Å². The molecule has 1 aromatic heterocycles. The lowest BCUT2D eigenvalue weighted by atomic mass is 10.3. The highest BCUT2D eigenvalue weighted by atomic mass is 19.1. The van der Waals surface area contributed by atoms with E-state index in [1.807, 2.05) is 6.07 Å². The Hall–Kier alpha value is -2.61. The fraction of sp³-hybridized carbons (Fsp3) is 0. The van der Waals surface area contributed by atoms with E-state index in [0.29, 0.717) is 5.69 Å². The molecule has 17 heavy (non-hydrogen) atoms. The third kappa shape index (κ3) is 2.49. The minimum Gasteiger partial charge on any atom is -0.437 e. The van der Waals surface area contributed by atoms with Gasteiger partial charge < -0.3 is 10.5 Å². The lowest BCUT2D eigenvalue weighted by Gasteiger charge is -2.07. The summed E-state index contributed by atoms with van der Waals surface area (Å²) in [7, 11) is 0. The molecule has 0 amide bonds. The number of benzene rings is 1. The van der Waals surface area contributed by atoms with Crippen LogP contribution in [0.2, 0.25) is 0 Å². The molecule has 2 N–H and O–H groups in total. The number of pyridine rings is 1. The van der Waals surface area contributed by atoms with E-state index in [0.717, 1.165) is 6.07 Å². The van der Waals surface area contributed by atoms with E-state index in [1.54, 1.807) is 18.2 Å². The Balaban J connectivity index is 2.31. The van der Waals surface area contributed by atoms with Crippen LogP contribution in [0.25, 0.3) is 0 Å². The second kappa shape index (κ2) is 4.49. The molecule has 1 aromatic carbocycles. The molecule has 0 aliphatic carbocycles. The summed E-state index contributed by atoms with van der Waals surface area (Å²) < 4.78 is 18.3. The number of halogens is 1. The van der Waals surface area contributed by atoms with Crippen LogP contribution in [-0.2, 0) is 0 Å². The van der Waals surface area contributed by atoms with Gasteiger partial charge >= 0.3 is 0 Å². The van der Waals surface area contributed by atoms with Crippen molar-refractivity contribution in [2.45, 2.75) is 0 Å². The maximum Gasteiger partial charge on any atom is 0.220 e. The SMILES string of the molecule is N#Cc1cccc(Oc2cc(F)ccc2N)n1. The Labute approximate surface area is 97.1 Å². The predicted octanol–water partition coefficient (Wildman–Crippen LogP) is 2.47. The molecule has 1 heterocycles. The zero-order valence-corrected chi connectivity index (χ0v) is 8.72. The van der Waals surface area contributed by atoms with E-state index < -0.39 is 5.82 Å². The molecule has 2 rings (SSSR count). The molecule has 0 saturated heterocycles. The highest BCUT2D eigenvalue weighted by Crippen LogP contribution is 2.26. The summed E-state index contributed by atoms with van der Waals surface area (Å²) in [5.41, 5.74) is 6.14. The second-order valence-corrected chi connectivity index (χ2v) is 3.26. The molecule has 2 aromatic rings.